The molecule has 0 aromatic carbocycles. The molecule has 1 rings (SSSR count). The van der Waals surface area contributed by atoms with Crippen LogP contribution in [-0.4, -0.2) is 4.98 Å². The quantitative estimate of drug-likeness (QED) is 0.742. The van der Waals surface area contributed by atoms with E-state index in [-0.39, 0.29) is 0 Å². The number of hydrogen-bond acceptors (Lipinski definition) is 2. The van der Waals surface area contributed by atoms with Crippen molar-refractivity contribution in [2.24, 2.45) is 0 Å². The van der Waals surface area contributed by atoms with Crippen molar-refractivity contribution in [1.82, 2.24) is 4.98 Å². The van der Waals surface area contributed by atoms with Crippen LogP contribution in [0.15, 0.2) is 9.21 Å². The second-order valence-corrected chi connectivity index (χ2v) is 3.86. The van der Waals surface area contributed by atoms with Crippen LogP contribution in [0, 0.1) is 13.8 Å². The maximum Gasteiger partial charge on any atom is 0.112 e. The third-order valence-electron chi connectivity index (χ3n) is 1.62. The van der Waals surface area contributed by atoms with Gasteiger partial charge in [0.15, 0.2) is 0 Å². The second kappa shape index (κ2) is 3.11. The van der Waals surface area contributed by atoms with Crippen LogP contribution in [0.4, 0.5) is 5.69 Å². The first kappa shape index (κ1) is 9.00. The number of rotatable bonds is 0. The van der Waals surface area contributed by atoms with Crippen LogP contribution >= 0.6 is 31.9 Å². The number of nitrogens with zero attached hydrogens (tertiary/aromatic N) is 1. The lowest BCUT2D eigenvalue weighted by atomic mass is 10.2. The van der Waals surface area contributed by atoms with Gasteiger partial charge in [0.05, 0.1) is 0 Å². The van der Waals surface area contributed by atoms with Crippen molar-refractivity contribution in [3.63, 3.8) is 0 Å². The molecule has 0 aliphatic carbocycles. The second-order valence-electron chi connectivity index (χ2n) is 2.36. The van der Waals surface area contributed by atoms with Crippen LogP contribution in [0.25, 0.3) is 0 Å². The molecule has 0 spiro atoms. The first-order chi connectivity index (χ1) is 5.04. The minimum atomic E-state index is 0.791. The van der Waals surface area contributed by atoms with Crippen molar-refractivity contribution in [2.75, 3.05) is 5.73 Å². The molecule has 60 valence electrons. The van der Waals surface area contributed by atoms with Gasteiger partial charge in [-0.25, -0.2) is 4.98 Å². The van der Waals surface area contributed by atoms with Crippen LogP contribution in [0.2, 0.25) is 0 Å². The smallest absolute Gasteiger partial charge is 0.112 e. The molecule has 0 radical (unpaired) electrons. The van der Waals surface area contributed by atoms with Gasteiger partial charge in [-0.05, 0) is 45.7 Å². The van der Waals surface area contributed by atoms with Gasteiger partial charge >= 0.3 is 0 Å². The topological polar surface area (TPSA) is 38.9 Å². The fourth-order valence-corrected chi connectivity index (χ4v) is 1.78. The maximum absolute atomic E-state index is 5.78. The number of anilines is 1. The van der Waals surface area contributed by atoms with E-state index in [4.69, 9.17) is 5.73 Å². The third kappa shape index (κ3) is 1.56. The average Bonchev–Trinajstić information content (AvgIpc) is 1.97. The summed E-state index contributed by atoms with van der Waals surface area (Å²) in [6.07, 6.45) is 0. The van der Waals surface area contributed by atoms with Crippen LogP contribution in [0.1, 0.15) is 11.1 Å². The molecule has 0 saturated heterocycles. The SMILES string of the molecule is Cc1c(Br)nc(Br)c(C)c1N. The number of nitrogens with two attached hydrogens (primary N) is 1. The summed E-state index contributed by atoms with van der Waals surface area (Å²) in [5, 5.41) is 0. The molecule has 0 aliphatic rings. The Kier molecular flexibility index (Phi) is 2.54. The molecule has 2 N–H and O–H groups in total. The van der Waals surface area contributed by atoms with E-state index in [1.165, 1.54) is 0 Å². The highest BCUT2D eigenvalue weighted by Crippen LogP contribution is 2.27. The lowest BCUT2D eigenvalue weighted by Crippen LogP contribution is -1.97. The molecule has 0 aliphatic heterocycles. The minimum absolute atomic E-state index is 0.791. The minimum Gasteiger partial charge on any atom is -0.398 e. The molecule has 1 aromatic heterocycles. The van der Waals surface area contributed by atoms with Crippen molar-refractivity contribution in [3.8, 4) is 0 Å². The van der Waals surface area contributed by atoms with E-state index in [1.807, 2.05) is 13.8 Å². The van der Waals surface area contributed by atoms with Gasteiger partial charge in [0, 0.05) is 16.8 Å². The summed E-state index contributed by atoms with van der Waals surface area (Å²) in [5.41, 5.74) is 8.56. The van der Waals surface area contributed by atoms with Crippen LogP contribution in [-0.2, 0) is 0 Å². The maximum atomic E-state index is 5.78. The molecule has 1 heterocycles. The summed E-state index contributed by atoms with van der Waals surface area (Å²) >= 11 is 6.62. The monoisotopic (exact) mass is 278 g/mol. The molecule has 1 aromatic rings. The highest BCUT2D eigenvalue weighted by Gasteiger charge is 2.07. The molecule has 0 saturated carbocycles. The van der Waals surface area contributed by atoms with E-state index < -0.39 is 0 Å². The summed E-state index contributed by atoms with van der Waals surface area (Å²) in [7, 11) is 0. The fourth-order valence-electron chi connectivity index (χ4n) is 0.757. The van der Waals surface area contributed by atoms with Crippen molar-refractivity contribution in [3.05, 3.63) is 20.3 Å². The average molecular weight is 280 g/mol. The van der Waals surface area contributed by atoms with Gasteiger partial charge in [0.2, 0.25) is 0 Å². The predicted molar refractivity (Wildman–Crippen MR) is 53.5 cm³/mol. The Morgan fingerprint density at radius 2 is 1.45 bits per heavy atom. The number of nitrogen functional groups attached to an aromatic ring is 1. The molecule has 11 heavy (non-hydrogen) atoms. The summed E-state index contributed by atoms with van der Waals surface area (Å²) in [6.45, 7) is 3.87. The Balaban J connectivity index is 3.46. The van der Waals surface area contributed by atoms with E-state index in [0.717, 1.165) is 26.0 Å². The van der Waals surface area contributed by atoms with Crippen LogP contribution in [0.3, 0.4) is 0 Å². The van der Waals surface area contributed by atoms with E-state index >= 15 is 0 Å². The van der Waals surface area contributed by atoms with Gasteiger partial charge in [-0.3, -0.25) is 0 Å². The summed E-state index contributed by atoms with van der Waals surface area (Å²) in [5.74, 6) is 0. The number of pyridine rings is 1. The zero-order chi connectivity index (χ0) is 8.59. The largest absolute Gasteiger partial charge is 0.398 e. The van der Waals surface area contributed by atoms with E-state index in [2.05, 4.69) is 36.8 Å². The zero-order valence-corrected chi connectivity index (χ0v) is 9.45. The number of halogens is 2. The third-order valence-corrected chi connectivity index (χ3v) is 3.17. The molecule has 0 unspecified atom stereocenters. The fraction of sp³-hybridized carbons (Fsp3) is 0.286. The molecule has 2 nitrogen and oxygen atoms in total. The lowest BCUT2D eigenvalue weighted by Gasteiger charge is -2.06. The van der Waals surface area contributed by atoms with Gasteiger partial charge in [0.25, 0.3) is 0 Å². The van der Waals surface area contributed by atoms with Crippen LogP contribution < -0.4 is 5.73 Å². The summed E-state index contributed by atoms with van der Waals surface area (Å²) in [6, 6.07) is 0. The van der Waals surface area contributed by atoms with Crippen molar-refractivity contribution in [1.29, 1.82) is 0 Å². The van der Waals surface area contributed by atoms with Crippen molar-refractivity contribution < 1.29 is 0 Å². The Bertz CT molecular complexity index is 271. The highest BCUT2D eigenvalue weighted by atomic mass is 79.9. The molecular weight excluding hydrogens is 272 g/mol. The van der Waals surface area contributed by atoms with E-state index in [9.17, 15) is 0 Å². The normalized spacial score (nSPS) is 10.2. The predicted octanol–water partition coefficient (Wildman–Crippen LogP) is 2.81. The Morgan fingerprint density at radius 3 is 1.82 bits per heavy atom. The van der Waals surface area contributed by atoms with Gasteiger partial charge in [0.1, 0.15) is 9.21 Å². The van der Waals surface area contributed by atoms with Crippen molar-refractivity contribution in [2.45, 2.75) is 13.8 Å². The van der Waals surface area contributed by atoms with Gasteiger partial charge in [-0.15, -0.1) is 0 Å². The van der Waals surface area contributed by atoms with Gasteiger partial charge in [-0.2, -0.15) is 0 Å². The zero-order valence-electron chi connectivity index (χ0n) is 6.28. The first-order valence-electron chi connectivity index (χ1n) is 3.11. The first-order valence-corrected chi connectivity index (χ1v) is 4.70. The molecule has 0 bridgehead atoms. The standard InChI is InChI=1S/C7H8Br2N2/c1-3-5(10)4(2)7(9)11-6(3)8/h1-2H3,(H2,10,11). The van der Waals surface area contributed by atoms with Crippen molar-refractivity contribution >= 4 is 37.5 Å². The number of aromatic nitrogens is 1. The molecular formula is C7H8Br2N2. The Morgan fingerprint density at radius 1 is 1.09 bits per heavy atom. The molecule has 0 amide bonds. The van der Waals surface area contributed by atoms with Crippen LogP contribution in [0.5, 0.6) is 0 Å². The Hall–Kier alpha value is -0.0900. The summed E-state index contributed by atoms with van der Waals surface area (Å²) in [4.78, 5) is 4.19. The number of hydrogen-bond donors (Lipinski definition) is 1. The van der Waals surface area contributed by atoms with Gasteiger partial charge in [-0.1, -0.05) is 0 Å². The van der Waals surface area contributed by atoms with Gasteiger partial charge < -0.3 is 5.73 Å². The lowest BCUT2D eigenvalue weighted by molar-refractivity contribution is 1.15. The Labute approximate surface area is 82.5 Å². The van der Waals surface area contributed by atoms with E-state index in [1.54, 1.807) is 0 Å². The highest BCUT2D eigenvalue weighted by molar-refractivity contribution is 9.11. The summed E-state index contributed by atoms with van der Waals surface area (Å²) < 4.78 is 1.60. The molecule has 0 atom stereocenters. The van der Waals surface area contributed by atoms with E-state index in [0.29, 0.717) is 0 Å². The molecule has 0 fully saturated rings. The molecule has 4 heteroatoms.